The summed E-state index contributed by atoms with van der Waals surface area (Å²) in [5.74, 6) is 0. The maximum atomic E-state index is 4.28. The third-order valence-electron chi connectivity index (χ3n) is 3.72. The van der Waals surface area contributed by atoms with Crippen LogP contribution in [-0.4, -0.2) is 58.2 Å². The van der Waals surface area contributed by atoms with Crippen LogP contribution in [0.25, 0.3) is 0 Å². The van der Waals surface area contributed by atoms with Crippen LogP contribution in [0.5, 0.6) is 0 Å². The highest BCUT2D eigenvalue weighted by molar-refractivity contribution is 7.10. The smallest absolute Gasteiger partial charge is 0.134 e. The topological polar surface area (TPSA) is 44.3 Å². The Morgan fingerprint density at radius 3 is 2.89 bits per heavy atom. The van der Waals surface area contributed by atoms with Crippen LogP contribution in [0, 0.1) is 0 Å². The van der Waals surface area contributed by atoms with Crippen molar-refractivity contribution in [1.29, 1.82) is 0 Å². The number of nitrogens with one attached hydrogen (secondary N) is 1. The summed E-state index contributed by atoms with van der Waals surface area (Å²) in [5.41, 5.74) is 1.11. The van der Waals surface area contributed by atoms with Crippen LogP contribution in [0.1, 0.15) is 32.9 Å². The first kappa shape index (κ1) is 14.7. The Bertz CT molecular complexity index is 381. The standard InChI is InChI=1S/C13H25N5S/c1-4-6-14-13-12(15-16-19-13)10-17-7-8-18(5-2)11(3)9-17/h11,14H,4-10H2,1-3H3. The highest BCUT2D eigenvalue weighted by atomic mass is 32.1. The van der Waals surface area contributed by atoms with Crippen molar-refractivity contribution < 1.29 is 0 Å². The van der Waals surface area contributed by atoms with Crippen LogP contribution in [0.15, 0.2) is 0 Å². The molecule has 6 heteroatoms. The van der Waals surface area contributed by atoms with Crippen LogP contribution < -0.4 is 5.32 Å². The lowest BCUT2D eigenvalue weighted by atomic mass is 10.2. The molecule has 1 aliphatic rings. The highest BCUT2D eigenvalue weighted by Gasteiger charge is 2.23. The third-order valence-corrected chi connectivity index (χ3v) is 4.45. The maximum absolute atomic E-state index is 4.28. The van der Waals surface area contributed by atoms with Gasteiger partial charge in [-0.1, -0.05) is 18.3 Å². The van der Waals surface area contributed by atoms with Crippen LogP contribution in [0.3, 0.4) is 0 Å². The number of hydrogen-bond acceptors (Lipinski definition) is 6. The molecule has 1 saturated heterocycles. The molecule has 2 heterocycles. The van der Waals surface area contributed by atoms with Gasteiger partial charge in [-0.15, -0.1) is 5.10 Å². The van der Waals surface area contributed by atoms with E-state index >= 15 is 0 Å². The molecule has 0 aromatic carbocycles. The third kappa shape index (κ3) is 3.87. The minimum Gasteiger partial charge on any atom is -0.374 e. The summed E-state index contributed by atoms with van der Waals surface area (Å²) >= 11 is 1.47. The van der Waals surface area contributed by atoms with Gasteiger partial charge in [0.2, 0.25) is 0 Å². The Morgan fingerprint density at radius 2 is 2.21 bits per heavy atom. The predicted molar refractivity (Wildman–Crippen MR) is 80.7 cm³/mol. The number of anilines is 1. The number of likely N-dealkylation sites (N-methyl/N-ethyl adjacent to an activating group) is 1. The van der Waals surface area contributed by atoms with Gasteiger partial charge in [-0.2, -0.15) is 0 Å². The molecule has 1 aromatic heterocycles. The van der Waals surface area contributed by atoms with Gasteiger partial charge in [0.1, 0.15) is 10.7 Å². The Balaban J connectivity index is 1.89. The fourth-order valence-corrected chi connectivity index (χ4v) is 3.18. The fraction of sp³-hybridized carbons (Fsp3) is 0.846. The van der Waals surface area contributed by atoms with Gasteiger partial charge in [-0.05, 0) is 19.9 Å². The van der Waals surface area contributed by atoms with Crippen molar-refractivity contribution in [3.63, 3.8) is 0 Å². The molecule has 0 radical (unpaired) electrons. The van der Waals surface area contributed by atoms with Gasteiger partial charge in [0.15, 0.2) is 0 Å². The van der Waals surface area contributed by atoms with Gasteiger partial charge in [-0.3, -0.25) is 9.80 Å². The number of rotatable bonds is 6. The normalized spacial score (nSPS) is 21.7. The van der Waals surface area contributed by atoms with Gasteiger partial charge >= 0.3 is 0 Å². The van der Waals surface area contributed by atoms with Gasteiger partial charge < -0.3 is 5.32 Å². The minimum absolute atomic E-state index is 0.636. The summed E-state index contributed by atoms with van der Waals surface area (Å²) in [7, 11) is 0. The molecule has 1 aromatic rings. The number of aromatic nitrogens is 2. The molecular formula is C13H25N5S. The van der Waals surface area contributed by atoms with E-state index in [4.69, 9.17) is 0 Å². The summed E-state index contributed by atoms with van der Waals surface area (Å²) in [6.07, 6.45) is 1.13. The quantitative estimate of drug-likeness (QED) is 0.863. The molecule has 1 atom stereocenters. The second-order valence-electron chi connectivity index (χ2n) is 5.19. The van der Waals surface area contributed by atoms with Crippen molar-refractivity contribution in [1.82, 2.24) is 19.4 Å². The molecule has 0 saturated carbocycles. The van der Waals surface area contributed by atoms with E-state index in [9.17, 15) is 0 Å². The fourth-order valence-electron chi connectivity index (χ4n) is 2.58. The van der Waals surface area contributed by atoms with Gasteiger partial charge in [0.25, 0.3) is 0 Å². The average molecular weight is 283 g/mol. The molecule has 1 fully saturated rings. The number of piperazine rings is 1. The maximum Gasteiger partial charge on any atom is 0.134 e. The molecule has 1 N–H and O–H groups in total. The Kier molecular flexibility index (Phi) is 5.54. The van der Waals surface area contributed by atoms with E-state index in [2.05, 4.69) is 45.5 Å². The molecule has 0 spiro atoms. The van der Waals surface area contributed by atoms with Crippen molar-refractivity contribution in [2.45, 2.75) is 39.8 Å². The average Bonchev–Trinajstić information content (AvgIpc) is 2.84. The summed E-state index contributed by atoms with van der Waals surface area (Å²) < 4.78 is 4.08. The first-order valence-electron chi connectivity index (χ1n) is 7.26. The molecule has 2 rings (SSSR count). The van der Waals surface area contributed by atoms with E-state index in [1.165, 1.54) is 11.5 Å². The van der Waals surface area contributed by atoms with E-state index in [0.717, 1.165) is 56.4 Å². The molecule has 0 amide bonds. The summed E-state index contributed by atoms with van der Waals surface area (Å²) in [6, 6.07) is 0.636. The molecule has 1 unspecified atom stereocenters. The van der Waals surface area contributed by atoms with Gasteiger partial charge in [0.05, 0.1) is 0 Å². The molecular weight excluding hydrogens is 258 g/mol. The zero-order valence-corrected chi connectivity index (χ0v) is 13.0. The van der Waals surface area contributed by atoms with Crippen molar-refractivity contribution in [3.8, 4) is 0 Å². The van der Waals surface area contributed by atoms with Crippen molar-refractivity contribution in [2.75, 3.05) is 38.0 Å². The molecule has 5 nitrogen and oxygen atoms in total. The van der Waals surface area contributed by atoms with Crippen LogP contribution in [0.2, 0.25) is 0 Å². The predicted octanol–water partition coefficient (Wildman–Crippen LogP) is 1.89. The van der Waals surface area contributed by atoms with Crippen LogP contribution in [-0.2, 0) is 6.54 Å². The first-order chi connectivity index (χ1) is 9.24. The SMILES string of the molecule is CCCNc1snnc1CN1CCN(CC)C(C)C1. The minimum atomic E-state index is 0.636. The summed E-state index contributed by atoms with van der Waals surface area (Å²) in [5, 5.41) is 8.84. The highest BCUT2D eigenvalue weighted by Crippen LogP contribution is 2.20. The first-order valence-corrected chi connectivity index (χ1v) is 8.03. The van der Waals surface area contributed by atoms with E-state index in [0.29, 0.717) is 6.04 Å². The Labute approximate surface area is 120 Å². The lowest BCUT2D eigenvalue weighted by Crippen LogP contribution is -2.51. The van der Waals surface area contributed by atoms with Crippen molar-refractivity contribution >= 4 is 16.5 Å². The number of nitrogens with zero attached hydrogens (tertiary/aromatic N) is 4. The summed E-state index contributed by atoms with van der Waals surface area (Å²) in [6.45, 7) is 13.2. The van der Waals surface area contributed by atoms with Crippen LogP contribution in [0.4, 0.5) is 5.00 Å². The lowest BCUT2D eigenvalue weighted by Gasteiger charge is -2.39. The second-order valence-corrected chi connectivity index (χ2v) is 5.94. The van der Waals surface area contributed by atoms with Crippen LogP contribution >= 0.6 is 11.5 Å². The van der Waals surface area contributed by atoms with E-state index in [1.807, 2.05) is 0 Å². The molecule has 0 bridgehead atoms. The van der Waals surface area contributed by atoms with Gasteiger partial charge in [0, 0.05) is 50.3 Å². The molecule has 19 heavy (non-hydrogen) atoms. The number of hydrogen-bond donors (Lipinski definition) is 1. The Morgan fingerprint density at radius 1 is 1.37 bits per heavy atom. The zero-order chi connectivity index (χ0) is 13.7. The van der Waals surface area contributed by atoms with Crippen molar-refractivity contribution in [2.24, 2.45) is 0 Å². The van der Waals surface area contributed by atoms with Crippen molar-refractivity contribution in [3.05, 3.63) is 5.69 Å². The largest absolute Gasteiger partial charge is 0.374 e. The lowest BCUT2D eigenvalue weighted by molar-refractivity contribution is 0.0827. The molecule has 0 aliphatic carbocycles. The zero-order valence-electron chi connectivity index (χ0n) is 12.2. The second kappa shape index (κ2) is 7.17. The summed E-state index contributed by atoms with van der Waals surface area (Å²) in [4.78, 5) is 5.02. The molecule has 108 valence electrons. The van der Waals surface area contributed by atoms with E-state index in [1.54, 1.807) is 0 Å². The molecule has 1 aliphatic heterocycles. The van der Waals surface area contributed by atoms with Gasteiger partial charge in [-0.25, -0.2) is 0 Å². The van der Waals surface area contributed by atoms with E-state index in [-0.39, 0.29) is 0 Å². The Hall–Kier alpha value is -0.720. The van der Waals surface area contributed by atoms with E-state index < -0.39 is 0 Å². The monoisotopic (exact) mass is 283 g/mol.